The number of nitrogens with zero attached hydrogens (tertiary/aromatic N) is 1. The molecule has 88 valence electrons. The lowest BCUT2D eigenvalue weighted by Gasteiger charge is -2.13. The SMILES string of the molecule is COc1c(NCC2CCCN2)nc[nH]c1=O. The van der Waals surface area contributed by atoms with Crippen LogP contribution < -0.4 is 20.9 Å². The highest BCUT2D eigenvalue weighted by atomic mass is 16.5. The predicted octanol–water partition coefficient (Wildman–Crippen LogP) is -0.0576. The van der Waals surface area contributed by atoms with Gasteiger partial charge >= 0.3 is 0 Å². The fraction of sp³-hybridized carbons (Fsp3) is 0.600. The molecule has 1 unspecified atom stereocenters. The summed E-state index contributed by atoms with van der Waals surface area (Å²) in [6, 6.07) is 0.450. The monoisotopic (exact) mass is 224 g/mol. The van der Waals surface area contributed by atoms with Crippen LogP contribution in [-0.4, -0.2) is 36.2 Å². The first-order valence-electron chi connectivity index (χ1n) is 5.40. The number of ether oxygens (including phenoxy) is 1. The summed E-state index contributed by atoms with van der Waals surface area (Å²) in [4.78, 5) is 17.9. The molecule has 0 amide bonds. The fourth-order valence-corrected chi connectivity index (χ4v) is 1.85. The van der Waals surface area contributed by atoms with Crippen LogP contribution in [0.15, 0.2) is 11.1 Å². The number of hydrogen-bond donors (Lipinski definition) is 3. The van der Waals surface area contributed by atoms with Gasteiger partial charge < -0.3 is 20.4 Å². The van der Waals surface area contributed by atoms with Crippen LogP contribution in [0.1, 0.15) is 12.8 Å². The van der Waals surface area contributed by atoms with Gasteiger partial charge in [-0.3, -0.25) is 4.79 Å². The van der Waals surface area contributed by atoms with E-state index in [1.807, 2.05) is 0 Å². The smallest absolute Gasteiger partial charge is 0.295 e. The van der Waals surface area contributed by atoms with Crippen molar-refractivity contribution in [3.8, 4) is 5.75 Å². The molecule has 6 nitrogen and oxygen atoms in total. The van der Waals surface area contributed by atoms with Crippen LogP contribution in [0.5, 0.6) is 5.75 Å². The molecule has 1 atom stereocenters. The Kier molecular flexibility index (Phi) is 3.40. The van der Waals surface area contributed by atoms with Gasteiger partial charge in [-0.1, -0.05) is 0 Å². The molecular weight excluding hydrogens is 208 g/mol. The van der Waals surface area contributed by atoms with Gasteiger partial charge in [0.2, 0.25) is 5.75 Å². The van der Waals surface area contributed by atoms with Crippen LogP contribution in [0.2, 0.25) is 0 Å². The van der Waals surface area contributed by atoms with E-state index in [1.54, 1.807) is 0 Å². The lowest BCUT2D eigenvalue weighted by molar-refractivity contribution is 0.407. The zero-order chi connectivity index (χ0) is 11.4. The summed E-state index contributed by atoms with van der Waals surface area (Å²) in [5, 5.41) is 6.49. The van der Waals surface area contributed by atoms with Crippen LogP contribution in [0.3, 0.4) is 0 Å². The van der Waals surface area contributed by atoms with Crippen molar-refractivity contribution >= 4 is 5.82 Å². The van der Waals surface area contributed by atoms with E-state index in [0.29, 0.717) is 11.9 Å². The second-order valence-corrected chi connectivity index (χ2v) is 3.79. The molecule has 0 saturated carbocycles. The minimum atomic E-state index is -0.264. The third-order valence-electron chi connectivity index (χ3n) is 2.69. The van der Waals surface area contributed by atoms with Gasteiger partial charge in [-0.25, -0.2) is 4.98 Å². The van der Waals surface area contributed by atoms with Crippen LogP contribution in [0.4, 0.5) is 5.82 Å². The Morgan fingerprint density at radius 3 is 3.25 bits per heavy atom. The molecule has 3 N–H and O–H groups in total. The summed E-state index contributed by atoms with van der Waals surface area (Å²) < 4.78 is 5.00. The van der Waals surface area contributed by atoms with Crippen molar-refractivity contribution in [1.82, 2.24) is 15.3 Å². The molecular formula is C10H16N4O2. The van der Waals surface area contributed by atoms with Gasteiger partial charge in [-0.15, -0.1) is 0 Å². The summed E-state index contributed by atoms with van der Waals surface area (Å²) in [5.74, 6) is 0.737. The first-order valence-corrected chi connectivity index (χ1v) is 5.40. The number of aromatic amines is 1. The van der Waals surface area contributed by atoms with Gasteiger partial charge in [0.25, 0.3) is 5.56 Å². The molecule has 1 saturated heterocycles. The Morgan fingerprint density at radius 1 is 1.69 bits per heavy atom. The van der Waals surface area contributed by atoms with Crippen LogP contribution in [-0.2, 0) is 0 Å². The molecule has 1 aliphatic rings. The number of H-pyrrole nitrogens is 1. The summed E-state index contributed by atoms with van der Waals surface area (Å²) in [5.41, 5.74) is -0.264. The second kappa shape index (κ2) is 4.98. The average molecular weight is 224 g/mol. The standard InChI is InChI=1S/C10H16N4O2/c1-16-8-9(13-6-14-10(8)15)12-5-7-3-2-4-11-7/h6-7,11H,2-5H2,1H3,(H2,12,13,14,15). The maximum Gasteiger partial charge on any atom is 0.295 e. The summed E-state index contributed by atoms with van der Waals surface area (Å²) in [6.07, 6.45) is 3.72. The maximum absolute atomic E-state index is 11.4. The van der Waals surface area contributed by atoms with Crippen molar-refractivity contribution in [1.29, 1.82) is 0 Å². The Balaban J connectivity index is 2.02. The third kappa shape index (κ3) is 2.33. The fourth-order valence-electron chi connectivity index (χ4n) is 1.85. The first-order chi connectivity index (χ1) is 7.81. The van der Waals surface area contributed by atoms with Gasteiger partial charge in [0.15, 0.2) is 5.82 Å². The molecule has 2 heterocycles. The highest BCUT2D eigenvalue weighted by molar-refractivity contribution is 5.47. The van der Waals surface area contributed by atoms with Crippen LogP contribution >= 0.6 is 0 Å². The minimum Gasteiger partial charge on any atom is -0.489 e. The largest absolute Gasteiger partial charge is 0.489 e. The van der Waals surface area contributed by atoms with Crippen molar-refractivity contribution in [2.45, 2.75) is 18.9 Å². The molecule has 6 heteroatoms. The Hall–Kier alpha value is -1.56. The average Bonchev–Trinajstić information content (AvgIpc) is 2.79. The first kappa shape index (κ1) is 10.9. The topological polar surface area (TPSA) is 79.0 Å². The lowest BCUT2D eigenvalue weighted by Crippen LogP contribution is -2.30. The molecule has 0 spiro atoms. The normalized spacial score (nSPS) is 19.7. The van der Waals surface area contributed by atoms with E-state index in [-0.39, 0.29) is 11.3 Å². The van der Waals surface area contributed by atoms with Crippen molar-refractivity contribution in [3.63, 3.8) is 0 Å². The van der Waals surface area contributed by atoms with Crippen molar-refractivity contribution in [2.75, 3.05) is 25.5 Å². The zero-order valence-electron chi connectivity index (χ0n) is 9.25. The maximum atomic E-state index is 11.4. The van der Waals surface area contributed by atoms with E-state index < -0.39 is 0 Å². The van der Waals surface area contributed by atoms with Gasteiger partial charge in [-0.2, -0.15) is 0 Å². The molecule has 0 radical (unpaired) electrons. The summed E-state index contributed by atoms with van der Waals surface area (Å²) >= 11 is 0. The van der Waals surface area contributed by atoms with E-state index >= 15 is 0 Å². The van der Waals surface area contributed by atoms with Gasteiger partial charge in [0.05, 0.1) is 13.4 Å². The molecule has 0 bridgehead atoms. The highest BCUT2D eigenvalue weighted by Gasteiger charge is 2.15. The third-order valence-corrected chi connectivity index (χ3v) is 2.69. The quantitative estimate of drug-likeness (QED) is 0.668. The van der Waals surface area contributed by atoms with Gasteiger partial charge in [0.1, 0.15) is 0 Å². The van der Waals surface area contributed by atoms with Crippen LogP contribution in [0, 0.1) is 0 Å². The number of anilines is 1. The molecule has 1 aromatic heterocycles. The predicted molar refractivity (Wildman–Crippen MR) is 60.9 cm³/mol. The van der Waals surface area contributed by atoms with E-state index in [4.69, 9.17) is 4.74 Å². The number of hydrogen-bond acceptors (Lipinski definition) is 5. The Bertz CT molecular complexity index is 398. The van der Waals surface area contributed by atoms with Gasteiger partial charge in [0, 0.05) is 12.6 Å². The molecule has 0 aliphatic carbocycles. The zero-order valence-corrected chi connectivity index (χ0v) is 9.25. The second-order valence-electron chi connectivity index (χ2n) is 3.79. The molecule has 16 heavy (non-hydrogen) atoms. The summed E-state index contributed by atoms with van der Waals surface area (Å²) in [6.45, 7) is 1.82. The van der Waals surface area contributed by atoms with E-state index in [9.17, 15) is 4.79 Å². The number of methoxy groups -OCH3 is 1. The number of nitrogens with one attached hydrogen (secondary N) is 3. The van der Waals surface area contributed by atoms with Crippen molar-refractivity contribution < 1.29 is 4.74 Å². The lowest BCUT2D eigenvalue weighted by atomic mass is 10.2. The Morgan fingerprint density at radius 2 is 2.56 bits per heavy atom. The molecule has 1 aromatic rings. The molecule has 2 rings (SSSR count). The van der Waals surface area contributed by atoms with E-state index in [2.05, 4.69) is 20.6 Å². The van der Waals surface area contributed by atoms with E-state index in [1.165, 1.54) is 19.9 Å². The van der Waals surface area contributed by atoms with E-state index in [0.717, 1.165) is 19.5 Å². The van der Waals surface area contributed by atoms with Crippen molar-refractivity contribution in [2.24, 2.45) is 0 Å². The van der Waals surface area contributed by atoms with Crippen molar-refractivity contribution in [3.05, 3.63) is 16.7 Å². The number of aromatic nitrogens is 2. The Labute approximate surface area is 93.4 Å². The minimum absolute atomic E-state index is 0.237. The molecule has 0 aromatic carbocycles. The summed E-state index contributed by atoms with van der Waals surface area (Å²) in [7, 11) is 1.46. The van der Waals surface area contributed by atoms with Crippen LogP contribution in [0.25, 0.3) is 0 Å². The van der Waals surface area contributed by atoms with Gasteiger partial charge in [-0.05, 0) is 19.4 Å². The molecule has 1 fully saturated rings. The number of rotatable bonds is 4. The highest BCUT2D eigenvalue weighted by Crippen LogP contribution is 2.15. The molecule has 1 aliphatic heterocycles.